The molecule has 1 rings (SSSR count). The highest BCUT2D eigenvalue weighted by atomic mass is 16.4. The maximum Gasteiger partial charge on any atom is 0.304 e. The molecular formula is C7H14N2O2. The van der Waals surface area contributed by atoms with Crippen molar-refractivity contribution in [2.75, 3.05) is 13.1 Å². The maximum absolute atomic E-state index is 10.3. The van der Waals surface area contributed by atoms with Crippen LogP contribution < -0.4 is 10.6 Å². The molecule has 3 N–H and O–H groups in total. The molecule has 4 heteroatoms. The molecule has 0 radical (unpaired) electrons. The van der Waals surface area contributed by atoms with Crippen LogP contribution in [0, 0.1) is 0 Å². The SMILES string of the molecule is C[C@H]1NCCN[C@@H]1CC(=O)O. The number of nitrogens with one attached hydrogen (secondary N) is 2. The van der Waals surface area contributed by atoms with E-state index in [9.17, 15) is 4.79 Å². The molecule has 0 unspecified atom stereocenters. The molecule has 11 heavy (non-hydrogen) atoms. The van der Waals surface area contributed by atoms with Gasteiger partial charge in [0.1, 0.15) is 0 Å². The zero-order valence-electron chi connectivity index (χ0n) is 6.63. The topological polar surface area (TPSA) is 61.4 Å². The third-order valence-corrected chi connectivity index (χ3v) is 2.00. The summed E-state index contributed by atoms with van der Waals surface area (Å²) in [7, 11) is 0. The van der Waals surface area contributed by atoms with E-state index in [0.29, 0.717) is 0 Å². The van der Waals surface area contributed by atoms with Gasteiger partial charge in [-0.1, -0.05) is 0 Å². The van der Waals surface area contributed by atoms with Crippen LogP contribution >= 0.6 is 0 Å². The van der Waals surface area contributed by atoms with E-state index in [4.69, 9.17) is 5.11 Å². The average molecular weight is 158 g/mol. The molecule has 0 aromatic rings. The lowest BCUT2D eigenvalue weighted by Crippen LogP contribution is -2.55. The minimum atomic E-state index is -0.738. The number of aliphatic carboxylic acids is 1. The molecule has 2 atom stereocenters. The molecule has 1 aliphatic rings. The van der Waals surface area contributed by atoms with Gasteiger partial charge in [0.15, 0.2) is 0 Å². The molecule has 0 amide bonds. The fraction of sp³-hybridized carbons (Fsp3) is 0.857. The molecule has 1 saturated heterocycles. The number of carbonyl (C=O) groups is 1. The highest BCUT2D eigenvalue weighted by Gasteiger charge is 2.21. The van der Waals surface area contributed by atoms with Crippen molar-refractivity contribution in [3.63, 3.8) is 0 Å². The zero-order valence-corrected chi connectivity index (χ0v) is 6.63. The first-order chi connectivity index (χ1) is 5.20. The predicted molar refractivity (Wildman–Crippen MR) is 41.5 cm³/mol. The normalized spacial score (nSPS) is 31.7. The zero-order chi connectivity index (χ0) is 8.27. The molecule has 0 saturated carbocycles. The molecule has 1 fully saturated rings. The summed E-state index contributed by atoms with van der Waals surface area (Å²) in [6, 6.07) is 0.348. The third kappa shape index (κ3) is 2.48. The Balaban J connectivity index is 2.35. The molecule has 0 bridgehead atoms. The van der Waals surface area contributed by atoms with Gasteiger partial charge in [-0.25, -0.2) is 0 Å². The smallest absolute Gasteiger partial charge is 0.304 e. The Bertz CT molecular complexity index is 149. The van der Waals surface area contributed by atoms with Crippen molar-refractivity contribution in [3.05, 3.63) is 0 Å². The number of carboxylic acids is 1. The Morgan fingerprint density at radius 1 is 1.55 bits per heavy atom. The van der Waals surface area contributed by atoms with Gasteiger partial charge in [0.05, 0.1) is 6.42 Å². The van der Waals surface area contributed by atoms with Crippen LogP contribution in [0.3, 0.4) is 0 Å². The van der Waals surface area contributed by atoms with Crippen LogP contribution in [-0.4, -0.2) is 36.2 Å². The number of hydrogen-bond acceptors (Lipinski definition) is 3. The predicted octanol–water partition coefficient (Wildman–Crippen LogP) is -0.589. The Morgan fingerprint density at radius 2 is 2.18 bits per heavy atom. The summed E-state index contributed by atoms with van der Waals surface area (Å²) < 4.78 is 0. The second-order valence-electron chi connectivity index (χ2n) is 2.90. The van der Waals surface area contributed by atoms with E-state index in [0.717, 1.165) is 13.1 Å². The van der Waals surface area contributed by atoms with Crippen LogP contribution in [0.2, 0.25) is 0 Å². The Hall–Kier alpha value is -0.610. The minimum Gasteiger partial charge on any atom is -0.481 e. The summed E-state index contributed by atoms with van der Waals surface area (Å²) in [4.78, 5) is 10.3. The van der Waals surface area contributed by atoms with Crippen LogP contribution in [0.1, 0.15) is 13.3 Å². The molecule has 0 spiro atoms. The lowest BCUT2D eigenvalue weighted by atomic mass is 10.0. The van der Waals surface area contributed by atoms with Gasteiger partial charge in [0, 0.05) is 25.2 Å². The van der Waals surface area contributed by atoms with E-state index in [1.165, 1.54) is 0 Å². The lowest BCUT2D eigenvalue weighted by molar-refractivity contribution is -0.137. The van der Waals surface area contributed by atoms with Gasteiger partial charge in [0.25, 0.3) is 0 Å². The highest BCUT2D eigenvalue weighted by Crippen LogP contribution is 2.01. The monoisotopic (exact) mass is 158 g/mol. The fourth-order valence-electron chi connectivity index (χ4n) is 1.31. The van der Waals surface area contributed by atoms with Gasteiger partial charge in [-0.2, -0.15) is 0 Å². The second kappa shape index (κ2) is 3.69. The molecule has 0 aromatic carbocycles. The first-order valence-electron chi connectivity index (χ1n) is 3.88. The standard InChI is InChI=1S/C7H14N2O2/c1-5-6(4-7(10)11)9-3-2-8-5/h5-6,8-9H,2-4H2,1H3,(H,10,11)/t5-,6-/m1/s1. The lowest BCUT2D eigenvalue weighted by Gasteiger charge is -2.29. The second-order valence-corrected chi connectivity index (χ2v) is 2.90. The molecule has 0 aliphatic carbocycles. The highest BCUT2D eigenvalue weighted by molar-refractivity contribution is 5.67. The van der Waals surface area contributed by atoms with Crippen molar-refractivity contribution in [1.82, 2.24) is 10.6 Å². The average Bonchev–Trinajstić information content (AvgIpc) is 1.93. The van der Waals surface area contributed by atoms with Crippen molar-refractivity contribution in [2.24, 2.45) is 0 Å². The number of rotatable bonds is 2. The van der Waals surface area contributed by atoms with Crippen LogP contribution in [0.4, 0.5) is 0 Å². The maximum atomic E-state index is 10.3. The van der Waals surface area contributed by atoms with Crippen LogP contribution in [0.5, 0.6) is 0 Å². The summed E-state index contributed by atoms with van der Waals surface area (Å²) in [5, 5.41) is 14.9. The fourth-order valence-corrected chi connectivity index (χ4v) is 1.31. The van der Waals surface area contributed by atoms with Crippen LogP contribution in [-0.2, 0) is 4.79 Å². The quantitative estimate of drug-likeness (QED) is 0.503. The number of piperazine rings is 1. The van der Waals surface area contributed by atoms with E-state index < -0.39 is 5.97 Å². The first kappa shape index (κ1) is 8.49. The van der Waals surface area contributed by atoms with Gasteiger partial charge in [-0.15, -0.1) is 0 Å². The van der Waals surface area contributed by atoms with Crippen molar-refractivity contribution >= 4 is 5.97 Å². The van der Waals surface area contributed by atoms with E-state index >= 15 is 0 Å². The van der Waals surface area contributed by atoms with Crippen molar-refractivity contribution in [2.45, 2.75) is 25.4 Å². The van der Waals surface area contributed by atoms with Gasteiger partial charge >= 0.3 is 5.97 Å². The summed E-state index contributed by atoms with van der Waals surface area (Å²) in [6.45, 7) is 3.79. The van der Waals surface area contributed by atoms with Crippen LogP contribution in [0.15, 0.2) is 0 Å². The Labute approximate surface area is 66.0 Å². The summed E-state index contributed by atoms with van der Waals surface area (Å²) in [5.74, 6) is -0.738. The number of hydrogen-bond donors (Lipinski definition) is 3. The van der Waals surface area contributed by atoms with Gasteiger partial charge in [-0.05, 0) is 6.92 Å². The summed E-state index contributed by atoms with van der Waals surface area (Å²) in [5.41, 5.74) is 0. The van der Waals surface area contributed by atoms with E-state index in [2.05, 4.69) is 10.6 Å². The van der Waals surface area contributed by atoms with Crippen molar-refractivity contribution < 1.29 is 9.90 Å². The van der Waals surface area contributed by atoms with Crippen molar-refractivity contribution in [1.29, 1.82) is 0 Å². The first-order valence-corrected chi connectivity index (χ1v) is 3.88. The molecule has 1 heterocycles. The van der Waals surface area contributed by atoms with Gasteiger partial charge < -0.3 is 15.7 Å². The Morgan fingerprint density at radius 3 is 2.73 bits per heavy atom. The van der Waals surface area contributed by atoms with E-state index in [1.54, 1.807) is 0 Å². The molecule has 64 valence electrons. The molecular weight excluding hydrogens is 144 g/mol. The van der Waals surface area contributed by atoms with Crippen LogP contribution in [0.25, 0.3) is 0 Å². The van der Waals surface area contributed by atoms with Gasteiger partial charge in [0.2, 0.25) is 0 Å². The molecule has 0 aromatic heterocycles. The largest absolute Gasteiger partial charge is 0.481 e. The van der Waals surface area contributed by atoms with Crippen molar-refractivity contribution in [3.8, 4) is 0 Å². The Kier molecular flexibility index (Phi) is 2.84. The van der Waals surface area contributed by atoms with E-state index in [-0.39, 0.29) is 18.5 Å². The van der Waals surface area contributed by atoms with Gasteiger partial charge in [-0.3, -0.25) is 4.79 Å². The minimum absolute atomic E-state index is 0.0845. The van der Waals surface area contributed by atoms with E-state index in [1.807, 2.05) is 6.92 Å². The molecule has 4 nitrogen and oxygen atoms in total. The third-order valence-electron chi connectivity index (χ3n) is 2.00. The number of carboxylic acid groups (broad SMARTS) is 1. The molecule has 1 aliphatic heterocycles. The summed E-state index contributed by atoms with van der Waals surface area (Å²) in [6.07, 6.45) is 0.203. The summed E-state index contributed by atoms with van der Waals surface area (Å²) >= 11 is 0.